The van der Waals surface area contributed by atoms with Crippen LogP contribution < -0.4 is 21.9 Å². The van der Waals surface area contributed by atoms with Crippen molar-refractivity contribution < 1.29 is 33.3 Å². The molecule has 1 aliphatic heterocycles. The van der Waals surface area contributed by atoms with E-state index in [4.69, 9.17) is 10.5 Å². The van der Waals surface area contributed by atoms with Crippen LogP contribution in [0.3, 0.4) is 0 Å². The second-order valence-corrected chi connectivity index (χ2v) is 10.2. The monoisotopic (exact) mass is 558 g/mol. The first-order valence-electron chi connectivity index (χ1n) is 12.0. The van der Waals surface area contributed by atoms with Gasteiger partial charge in [-0.15, -0.1) is 11.3 Å². The number of carbonyl (C=O) groups is 2. The third kappa shape index (κ3) is 6.53. The van der Waals surface area contributed by atoms with E-state index in [2.05, 4.69) is 10.3 Å². The Bertz CT molecular complexity index is 1170. The third-order valence-electron chi connectivity index (χ3n) is 6.10. The van der Waals surface area contributed by atoms with Gasteiger partial charge in [0.2, 0.25) is 5.91 Å². The summed E-state index contributed by atoms with van der Waals surface area (Å²) in [5.74, 6) is -12.3. The van der Waals surface area contributed by atoms with Crippen LogP contribution in [-0.4, -0.2) is 93.6 Å². The Morgan fingerprint density at radius 3 is 2.58 bits per heavy atom. The van der Waals surface area contributed by atoms with Gasteiger partial charge in [-0.3, -0.25) is 23.9 Å². The second kappa shape index (κ2) is 12.3. The summed E-state index contributed by atoms with van der Waals surface area (Å²) in [5, 5.41) is 26.9. The summed E-state index contributed by atoms with van der Waals surface area (Å²) in [6.07, 6.45) is 1.15. The number of thiophene rings is 1. The minimum Gasteiger partial charge on any atom is -0.393 e. The number of amides is 2. The quantitative estimate of drug-likeness (QED) is 0.227. The van der Waals surface area contributed by atoms with Crippen LogP contribution in [0.4, 0.5) is 14.5 Å². The maximum Gasteiger partial charge on any atom is 0.378 e. The number of nitrogens with zero attached hydrogens (tertiary/aromatic N) is 3. The molecule has 1 saturated heterocycles. The molecule has 0 unspecified atom stereocenters. The Kier molecular flexibility index (Phi) is 9.54. The van der Waals surface area contributed by atoms with Crippen LogP contribution in [0.2, 0.25) is 0 Å². The number of nitrogen functional groups attached to an aromatic ring is 1. The predicted molar refractivity (Wildman–Crippen MR) is 135 cm³/mol. The van der Waals surface area contributed by atoms with E-state index in [1.165, 1.54) is 25.2 Å². The number of rotatable bonds is 11. The van der Waals surface area contributed by atoms with E-state index in [1.807, 2.05) is 10.2 Å². The van der Waals surface area contributed by atoms with Gasteiger partial charge in [0.15, 0.2) is 5.82 Å². The summed E-state index contributed by atoms with van der Waals surface area (Å²) < 4.78 is 36.2. The van der Waals surface area contributed by atoms with Crippen LogP contribution in [0.5, 0.6) is 0 Å². The number of anilines is 1. The smallest absolute Gasteiger partial charge is 0.378 e. The number of alkyl halides is 2. The molecule has 15 heteroatoms. The van der Waals surface area contributed by atoms with Crippen molar-refractivity contribution in [3.8, 4) is 10.7 Å². The van der Waals surface area contributed by atoms with E-state index in [0.717, 1.165) is 10.8 Å². The van der Waals surface area contributed by atoms with Gasteiger partial charge in [-0.2, -0.15) is 8.78 Å². The summed E-state index contributed by atoms with van der Waals surface area (Å²) in [5.41, 5.74) is 4.69. The molecule has 2 aromatic heterocycles. The first-order valence-corrected chi connectivity index (χ1v) is 12.8. The molecule has 1 aliphatic rings. The molecule has 0 aliphatic carbocycles. The standard InChI is InChI=1S/C23H32F2N6O6S/c1-14(2)18(23(35,36)22(24,25)21(34)27-5-6-30-7-9-37-10-8-30)29-17(32)13-31-19(16-4-3-11-38-16)28-12-15(26)20(31)33/h3-4,11-12,14,18,35-36H,5-10,13,26H2,1-2H3,(H,27,34)(H,29,32)/t18-/m0/s1. The highest BCUT2D eigenvalue weighted by molar-refractivity contribution is 7.13. The predicted octanol–water partition coefficient (Wildman–Crippen LogP) is -0.541. The van der Waals surface area contributed by atoms with Crippen LogP contribution in [0.15, 0.2) is 28.5 Å². The highest BCUT2D eigenvalue weighted by atomic mass is 32.1. The van der Waals surface area contributed by atoms with E-state index >= 15 is 8.78 Å². The Morgan fingerprint density at radius 2 is 1.97 bits per heavy atom. The molecule has 1 atom stereocenters. The molecule has 12 nitrogen and oxygen atoms in total. The van der Waals surface area contributed by atoms with Gasteiger partial charge in [-0.05, 0) is 17.4 Å². The van der Waals surface area contributed by atoms with E-state index in [9.17, 15) is 24.6 Å². The van der Waals surface area contributed by atoms with E-state index in [0.29, 0.717) is 31.2 Å². The highest BCUT2D eigenvalue weighted by Gasteiger charge is 2.62. The fourth-order valence-corrected chi connectivity index (χ4v) is 4.71. The molecule has 38 heavy (non-hydrogen) atoms. The molecule has 2 aromatic rings. The lowest BCUT2D eigenvalue weighted by atomic mass is 9.90. The molecular weight excluding hydrogens is 526 g/mol. The minimum atomic E-state index is -4.68. The van der Waals surface area contributed by atoms with Crippen molar-refractivity contribution in [2.75, 3.05) is 45.1 Å². The number of aliphatic hydroxyl groups is 2. The number of ether oxygens (including phenoxy) is 1. The van der Waals surface area contributed by atoms with E-state index < -0.39 is 47.6 Å². The zero-order chi connectivity index (χ0) is 28.1. The van der Waals surface area contributed by atoms with Crippen molar-refractivity contribution in [2.24, 2.45) is 5.92 Å². The fourth-order valence-electron chi connectivity index (χ4n) is 3.98. The van der Waals surface area contributed by atoms with Crippen molar-refractivity contribution in [3.63, 3.8) is 0 Å². The normalized spacial score (nSPS) is 15.9. The van der Waals surface area contributed by atoms with Crippen molar-refractivity contribution in [1.29, 1.82) is 0 Å². The Labute approximate surface area is 221 Å². The van der Waals surface area contributed by atoms with Gasteiger partial charge in [0.05, 0.1) is 30.3 Å². The SMILES string of the molecule is CC(C)[C@H](NC(=O)Cn1c(-c2cccs2)ncc(N)c1=O)C(O)(O)C(F)(F)C(=O)NCCN1CCOCC1. The zero-order valence-corrected chi connectivity index (χ0v) is 21.8. The van der Waals surface area contributed by atoms with Crippen molar-refractivity contribution in [3.05, 3.63) is 34.1 Å². The van der Waals surface area contributed by atoms with Crippen molar-refractivity contribution in [2.45, 2.75) is 38.1 Å². The average Bonchev–Trinajstić information content (AvgIpc) is 3.40. The van der Waals surface area contributed by atoms with Gasteiger partial charge in [0, 0.05) is 26.2 Å². The van der Waals surface area contributed by atoms with Gasteiger partial charge in [-0.25, -0.2) is 4.98 Å². The van der Waals surface area contributed by atoms with Crippen LogP contribution in [0, 0.1) is 5.92 Å². The van der Waals surface area contributed by atoms with Gasteiger partial charge < -0.3 is 31.3 Å². The average molecular weight is 559 g/mol. The van der Waals surface area contributed by atoms with Crippen molar-refractivity contribution >= 4 is 28.8 Å². The Balaban J connectivity index is 1.73. The summed E-state index contributed by atoms with van der Waals surface area (Å²) in [6.45, 7) is 4.30. The number of nitrogens with one attached hydrogen (secondary N) is 2. The Hall–Kier alpha value is -2.98. The first-order chi connectivity index (χ1) is 17.9. The van der Waals surface area contributed by atoms with Crippen LogP contribution >= 0.6 is 11.3 Å². The summed E-state index contributed by atoms with van der Waals surface area (Å²) >= 11 is 1.25. The molecule has 3 rings (SSSR count). The maximum absolute atomic E-state index is 15.0. The minimum absolute atomic E-state index is 0.125. The van der Waals surface area contributed by atoms with Gasteiger partial charge in [0.25, 0.3) is 17.3 Å². The van der Waals surface area contributed by atoms with Crippen LogP contribution in [-0.2, 0) is 20.9 Å². The second-order valence-electron chi connectivity index (χ2n) is 9.21. The lowest BCUT2D eigenvalue weighted by Crippen LogP contribution is -2.68. The molecule has 6 N–H and O–H groups in total. The largest absolute Gasteiger partial charge is 0.393 e. The molecule has 0 bridgehead atoms. The summed E-state index contributed by atoms with van der Waals surface area (Å²) in [4.78, 5) is 44.4. The Morgan fingerprint density at radius 1 is 1.29 bits per heavy atom. The van der Waals surface area contributed by atoms with Gasteiger partial charge in [0.1, 0.15) is 12.2 Å². The molecule has 0 saturated carbocycles. The fraction of sp³-hybridized carbons (Fsp3) is 0.565. The summed E-state index contributed by atoms with van der Waals surface area (Å²) in [7, 11) is 0. The maximum atomic E-state index is 15.0. The van der Waals surface area contributed by atoms with E-state index in [1.54, 1.807) is 17.5 Å². The summed E-state index contributed by atoms with van der Waals surface area (Å²) in [6, 6.07) is 1.39. The number of hydrogen-bond donors (Lipinski definition) is 5. The molecule has 2 amide bonds. The molecule has 1 fully saturated rings. The molecule has 0 radical (unpaired) electrons. The van der Waals surface area contributed by atoms with Crippen molar-refractivity contribution in [1.82, 2.24) is 25.1 Å². The number of nitrogens with two attached hydrogens (primary N) is 1. The molecular formula is C23H32F2N6O6S. The third-order valence-corrected chi connectivity index (χ3v) is 6.96. The van der Waals surface area contributed by atoms with Crippen LogP contribution in [0.25, 0.3) is 10.7 Å². The number of aromatic nitrogens is 2. The molecule has 0 aromatic carbocycles. The first kappa shape index (κ1) is 29.6. The lowest BCUT2D eigenvalue weighted by Gasteiger charge is -2.38. The number of morpholine rings is 1. The highest BCUT2D eigenvalue weighted by Crippen LogP contribution is 2.33. The van der Waals surface area contributed by atoms with Crippen LogP contribution in [0.1, 0.15) is 13.8 Å². The molecule has 3 heterocycles. The molecule has 210 valence electrons. The van der Waals surface area contributed by atoms with Gasteiger partial charge in [-0.1, -0.05) is 19.9 Å². The van der Waals surface area contributed by atoms with Gasteiger partial charge >= 0.3 is 5.92 Å². The topological polar surface area (TPSA) is 172 Å². The number of carbonyl (C=O) groups excluding carboxylic acids is 2. The number of halogens is 2. The number of hydrogen-bond acceptors (Lipinski definition) is 10. The van der Waals surface area contributed by atoms with E-state index in [-0.39, 0.29) is 24.6 Å². The molecule has 0 spiro atoms. The zero-order valence-electron chi connectivity index (χ0n) is 21.0. The lowest BCUT2D eigenvalue weighted by molar-refractivity contribution is -0.300.